The van der Waals surface area contributed by atoms with Crippen LogP contribution in [0.15, 0.2) is 36.4 Å². The number of thiazole rings is 1. The number of hydrogen-bond acceptors (Lipinski definition) is 4. The number of amides is 1. The van der Waals surface area contributed by atoms with Crippen molar-refractivity contribution in [2.45, 2.75) is 26.9 Å². The van der Waals surface area contributed by atoms with Gasteiger partial charge < -0.3 is 4.98 Å². The molecule has 0 radical (unpaired) electrons. The van der Waals surface area contributed by atoms with Gasteiger partial charge in [-0.05, 0) is 39.0 Å². The smallest absolute Gasteiger partial charge is 0.338 e. The highest BCUT2D eigenvalue weighted by Crippen LogP contribution is 2.37. The van der Waals surface area contributed by atoms with Gasteiger partial charge in [-0.1, -0.05) is 23.8 Å². The number of aryl methyl sites for hydroxylation is 3. The standard InChI is InChI=1S/C21H17F3N4OS/c1-10-7-8-13(15(9-10)21(22,23)24)18-26-16-6-4-5-14(17(16)27-18)19(29)28-20-25-11(2)12(3)30-20/h4-9H,1-3H3,(H,26,27)(H,25,28,29). The maximum Gasteiger partial charge on any atom is 0.417 e. The van der Waals surface area contributed by atoms with Crippen molar-refractivity contribution in [1.29, 1.82) is 0 Å². The van der Waals surface area contributed by atoms with Gasteiger partial charge in [0, 0.05) is 10.4 Å². The first kappa shape index (κ1) is 20.1. The summed E-state index contributed by atoms with van der Waals surface area (Å²) in [4.78, 5) is 25.3. The second-order valence-electron chi connectivity index (χ2n) is 6.95. The molecule has 2 heterocycles. The van der Waals surface area contributed by atoms with E-state index in [1.54, 1.807) is 31.2 Å². The van der Waals surface area contributed by atoms with E-state index < -0.39 is 17.6 Å². The number of aromatic nitrogens is 3. The number of halogens is 3. The molecule has 4 rings (SSSR count). The van der Waals surface area contributed by atoms with Crippen molar-refractivity contribution < 1.29 is 18.0 Å². The molecule has 0 aliphatic rings. The van der Waals surface area contributed by atoms with Crippen LogP contribution in [0.2, 0.25) is 0 Å². The van der Waals surface area contributed by atoms with Crippen LogP contribution < -0.4 is 5.32 Å². The fourth-order valence-corrected chi connectivity index (χ4v) is 3.94. The Bertz CT molecular complexity index is 1250. The van der Waals surface area contributed by atoms with E-state index in [-0.39, 0.29) is 17.0 Å². The molecular formula is C21H17F3N4OS. The first-order valence-corrected chi connectivity index (χ1v) is 9.87. The predicted octanol–water partition coefficient (Wildman–Crippen LogP) is 5.88. The second kappa shape index (κ2) is 7.24. The van der Waals surface area contributed by atoms with E-state index in [0.717, 1.165) is 16.6 Å². The van der Waals surface area contributed by atoms with Crippen LogP contribution in [0, 0.1) is 20.8 Å². The summed E-state index contributed by atoms with van der Waals surface area (Å²) in [6.07, 6.45) is -4.53. The summed E-state index contributed by atoms with van der Waals surface area (Å²) in [5, 5.41) is 3.20. The summed E-state index contributed by atoms with van der Waals surface area (Å²) in [5.41, 5.74) is 1.50. The van der Waals surface area contributed by atoms with Gasteiger partial charge in [0.15, 0.2) is 5.13 Å². The summed E-state index contributed by atoms with van der Waals surface area (Å²) >= 11 is 1.35. The lowest BCUT2D eigenvalue weighted by Crippen LogP contribution is -2.12. The predicted molar refractivity (Wildman–Crippen MR) is 111 cm³/mol. The fraction of sp³-hybridized carbons (Fsp3) is 0.190. The van der Waals surface area contributed by atoms with Crippen molar-refractivity contribution in [3.63, 3.8) is 0 Å². The average molecular weight is 430 g/mol. The van der Waals surface area contributed by atoms with E-state index in [1.807, 2.05) is 13.8 Å². The molecule has 2 N–H and O–H groups in total. The first-order chi connectivity index (χ1) is 14.1. The number of rotatable bonds is 3. The lowest BCUT2D eigenvalue weighted by Gasteiger charge is -2.12. The molecule has 154 valence electrons. The van der Waals surface area contributed by atoms with Crippen LogP contribution in [0.3, 0.4) is 0 Å². The van der Waals surface area contributed by atoms with Crippen LogP contribution in [0.5, 0.6) is 0 Å². The number of H-pyrrole nitrogens is 1. The number of nitrogens with one attached hydrogen (secondary N) is 2. The number of imidazole rings is 1. The van der Waals surface area contributed by atoms with E-state index in [0.29, 0.717) is 21.7 Å². The highest BCUT2D eigenvalue weighted by atomic mass is 32.1. The summed E-state index contributed by atoms with van der Waals surface area (Å²) in [6.45, 7) is 5.35. The van der Waals surface area contributed by atoms with E-state index >= 15 is 0 Å². The Morgan fingerprint density at radius 3 is 2.53 bits per heavy atom. The number of benzene rings is 2. The summed E-state index contributed by atoms with van der Waals surface area (Å²) in [7, 11) is 0. The maximum atomic E-state index is 13.5. The van der Waals surface area contributed by atoms with Crippen molar-refractivity contribution >= 4 is 33.4 Å². The van der Waals surface area contributed by atoms with Gasteiger partial charge in [0.05, 0.1) is 22.3 Å². The molecule has 1 amide bonds. The third-order valence-electron chi connectivity index (χ3n) is 4.74. The van der Waals surface area contributed by atoms with Crippen molar-refractivity contribution in [3.8, 4) is 11.4 Å². The van der Waals surface area contributed by atoms with E-state index in [4.69, 9.17) is 0 Å². The third-order valence-corrected chi connectivity index (χ3v) is 5.73. The zero-order valence-electron chi connectivity index (χ0n) is 16.3. The van der Waals surface area contributed by atoms with E-state index in [2.05, 4.69) is 20.3 Å². The SMILES string of the molecule is Cc1ccc(-c2nc3c(C(=O)Nc4nc(C)c(C)s4)cccc3[nH]2)c(C(F)(F)F)c1. The normalized spacial score (nSPS) is 11.8. The number of para-hydroxylation sites is 1. The lowest BCUT2D eigenvalue weighted by atomic mass is 10.0. The van der Waals surface area contributed by atoms with Gasteiger partial charge in [0.1, 0.15) is 11.3 Å². The van der Waals surface area contributed by atoms with Gasteiger partial charge in [-0.3, -0.25) is 10.1 Å². The molecule has 4 aromatic rings. The van der Waals surface area contributed by atoms with Gasteiger partial charge in [-0.25, -0.2) is 9.97 Å². The Labute approximate surface area is 174 Å². The highest BCUT2D eigenvalue weighted by molar-refractivity contribution is 7.15. The molecule has 0 unspecified atom stereocenters. The molecule has 0 fully saturated rings. The van der Waals surface area contributed by atoms with E-state index in [1.165, 1.54) is 17.4 Å². The minimum Gasteiger partial charge on any atom is -0.338 e. The number of alkyl halides is 3. The quantitative estimate of drug-likeness (QED) is 0.426. The zero-order valence-corrected chi connectivity index (χ0v) is 17.1. The Balaban J connectivity index is 1.77. The molecule has 9 heteroatoms. The topological polar surface area (TPSA) is 70.7 Å². The Kier molecular flexibility index (Phi) is 4.85. The highest BCUT2D eigenvalue weighted by Gasteiger charge is 2.34. The van der Waals surface area contributed by atoms with Crippen molar-refractivity contribution in [3.05, 3.63) is 63.7 Å². The van der Waals surface area contributed by atoms with Crippen LogP contribution in [0.1, 0.15) is 32.1 Å². The van der Waals surface area contributed by atoms with Crippen LogP contribution in [-0.4, -0.2) is 20.9 Å². The summed E-state index contributed by atoms with van der Waals surface area (Å²) in [6, 6.07) is 8.97. The number of aromatic amines is 1. The molecule has 0 saturated heterocycles. The van der Waals surface area contributed by atoms with Crippen LogP contribution in [0.4, 0.5) is 18.3 Å². The number of nitrogens with zero attached hydrogens (tertiary/aromatic N) is 2. The first-order valence-electron chi connectivity index (χ1n) is 9.06. The van der Waals surface area contributed by atoms with Gasteiger partial charge >= 0.3 is 6.18 Å². The Morgan fingerprint density at radius 1 is 1.10 bits per heavy atom. The van der Waals surface area contributed by atoms with E-state index in [9.17, 15) is 18.0 Å². The molecule has 0 aliphatic heterocycles. The van der Waals surface area contributed by atoms with Crippen molar-refractivity contribution in [1.82, 2.24) is 15.0 Å². The van der Waals surface area contributed by atoms with Crippen LogP contribution in [0.25, 0.3) is 22.4 Å². The minimum absolute atomic E-state index is 0.0542. The van der Waals surface area contributed by atoms with Gasteiger partial charge in [0.2, 0.25) is 0 Å². The molecular weight excluding hydrogens is 413 g/mol. The molecule has 30 heavy (non-hydrogen) atoms. The fourth-order valence-electron chi connectivity index (χ4n) is 3.13. The third kappa shape index (κ3) is 3.68. The Hall–Kier alpha value is -3.20. The molecule has 5 nitrogen and oxygen atoms in total. The molecule has 0 bridgehead atoms. The molecule has 0 aliphatic carbocycles. The number of fused-ring (bicyclic) bond motifs is 1. The van der Waals surface area contributed by atoms with Crippen molar-refractivity contribution in [2.24, 2.45) is 0 Å². The number of carbonyl (C=O) groups excluding carboxylic acids is 1. The summed E-state index contributed by atoms with van der Waals surface area (Å²) < 4.78 is 40.6. The molecule has 2 aromatic carbocycles. The van der Waals surface area contributed by atoms with Crippen LogP contribution >= 0.6 is 11.3 Å². The molecule has 0 saturated carbocycles. The van der Waals surface area contributed by atoms with Crippen molar-refractivity contribution in [2.75, 3.05) is 5.32 Å². The number of hydrogen-bond donors (Lipinski definition) is 2. The van der Waals surface area contributed by atoms with Gasteiger partial charge in [-0.15, -0.1) is 11.3 Å². The van der Waals surface area contributed by atoms with Crippen LogP contribution in [-0.2, 0) is 6.18 Å². The largest absolute Gasteiger partial charge is 0.417 e. The number of anilines is 1. The molecule has 2 aromatic heterocycles. The summed E-state index contributed by atoms with van der Waals surface area (Å²) in [5.74, 6) is -0.370. The second-order valence-corrected chi connectivity index (χ2v) is 8.15. The minimum atomic E-state index is -4.53. The monoisotopic (exact) mass is 430 g/mol. The molecule has 0 spiro atoms. The average Bonchev–Trinajstić information content (AvgIpc) is 3.23. The number of carbonyl (C=O) groups is 1. The molecule has 0 atom stereocenters. The lowest BCUT2D eigenvalue weighted by molar-refractivity contribution is -0.137. The maximum absolute atomic E-state index is 13.5. The Morgan fingerprint density at radius 2 is 1.87 bits per heavy atom. The zero-order chi connectivity index (χ0) is 21.6. The van der Waals surface area contributed by atoms with Gasteiger partial charge in [-0.2, -0.15) is 13.2 Å². The van der Waals surface area contributed by atoms with Gasteiger partial charge in [0.25, 0.3) is 5.91 Å².